The van der Waals surface area contributed by atoms with E-state index in [1.54, 1.807) is 17.5 Å². The molecule has 0 radical (unpaired) electrons. The van der Waals surface area contributed by atoms with Crippen LogP contribution >= 0.6 is 11.3 Å². The first-order valence-electron chi connectivity index (χ1n) is 7.09. The standard InChI is InChI=1S/C14H20N6S/c1-15-14(16-11-12-4-5-17-18-12)20-8-6-19(7-9-20)13-3-2-10-21-13/h2-5,10H,6-9,11H2,1H3,(H,15,16)(H,17,18). The van der Waals surface area contributed by atoms with E-state index in [0.29, 0.717) is 0 Å². The first kappa shape index (κ1) is 13.9. The molecular formula is C14H20N6S. The predicted molar refractivity (Wildman–Crippen MR) is 86.9 cm³/mol. The molecule has 1 aliphatic rings. The summed E-state index contributed by atoms with van der Waals surface area (Å²) < 4.78 is 0. The molecule has 2 aromatic heterocycles. The van der Waals surface area contributed by atoms with Gasteiger partial charge in [-0.05, 0) is 23.6 Å². The van der Waals surface area contributed by atoms with E-state index in [1.165, 1.54) is 5.00 Å². The third kappa shape index (κ3) is 3.36. The fourth-order valence-electron chi connectivity index (χ4n) is 2.48. The summed E-state index contributed by atoms with van der Waals surface area (Å²) >= 11 is 1.80. The molecule has 0 bridgehead atoms. The van der Waals surface area contributed by atoms with Gasteiger partial charge in [0.1, 0.15) is 0 Å². The zero-order valence-electron chi connectivity index (χ0n) is 12.1. The number of nitrogens with zero attached hydrogens (tertiary/aromatic N) is 4. The first-order valence-corrected chi connectivity index (χ1v) is 7.97. The Kier molecular flexibility index (Phi) is 4.40. The molecule has 0 amide bonds. The molecule has 0 aromatic carbocycles. The van der Waals surface area contributed by atoms with Crippen molar-refractivity contribution < 1.29 is 0 Å². The van der Waals surface area contributed by atoms with Gasteiger partial charge >= 0.3 is 0 Å². The van der Waals surface area contributed by atoms with Crippen molar-refractivity contribution in [1.29, 1.82) is 0 Å². The number of thiophene rings is 1. The van der Waals surface area contributed by atoms with Gasteiger partial charge in [0.15, 0.2) is 5.96 Å². The van der Waals surface area contributed by atoms with E-state index in [2.05, 4.69) is 47.8 Å². The normalized spacial score (nSPS) is 16.3. The highest BCUT2D eigenvalue weighted by Gasteiger charge is 2.20. The molecule has 0 saturated carbocycles. The predicted octanol–water partition coefficient (Wildman–Crippen LogP) is 1.37. The van der Waals surface area contributed by atoms with Crippen molar-refractivity contribution in [2.75, 3.05) is 38.1 Å². The second kappa shape index (κ2) is 6.62. The zero-order chi connectivity index (χ0) is 14.5. The van der Waals surface area contributed by atoms with E-state index < -0.39 is 0 Å². The van der Waals surface area contributed by atoms with Crippen molar-refractivity contribution in [2.45, 2.75) is 6.54 Å². The van der Waals surface area contributed by atoms with Gasteiger partial charge in [0.05, 0.1) is 17.2 Å². The summed E-state index contributed by atoms with van der Waals surface area (Å²) in [5.41, 5.74) is 1.06. The lowest BCUT2D eigenvalue weighted by Crippen LogP contribution is -2.52. The second-order valence-corrected chi connectivity index (χ2v) is 5.83. The highest BCUT2D eigenvalue weighted by atomic mass is 32.1. The van der Waals surface area contributed by atoms with Gasteiger partial charge in [-0.25, -0.2) is 0 Å². The smallest absolute Gasteiger partial charge is 0.194 e. The molecule has 0 atom stereocenters. The van der Waals surface area contributed by atoms with Crippen LogP contribution in [0.4, 0.5) is 5.00 Å². The van der Waals surface area contributed by atoms with E-state index in [4.69, 9.17) is 0 Å². The number of hydrogen-bond donors (Lipinski definition) is 2. The van der Waals surface area contributed by atoms with Gasteiger partial charge in [0.25, 0.3) is 0 Å². The molecule has 6 nitrogen and oxygen atoms in total. The van der Waals surface area contributed by atoms with Crippen LogP contribution in [0.25, 0.3) is 0 Å². The molecule has 1 saturated heterocycles. The number of aromatic amines is 1. The van der Waals surface area contributed by atoms with Crippen molar-refractivity contribution in [1.82, 2.24) is 20.4 Å². The summed E-state index contributed by atoms with van der Waals surface area (Å²) in [5, 5.41) is 13.8. The van der Waals surface area contributed by atoms with Crippen LogP contribution in [0.15, 0.2) is 34.8 Å². The number of aromatic nitrogens is 2. The van der Waals surface area contributed by atoms with Crippen molar-refractivity contribution in [2.24, 2.45) is 4.99 Å². The van der Waals surface area contributed by atoms with Gasteiger partial charge in [-0.2, -0.15) is 5.10 Å². The molecule has 3 rings (SSSR count). The van der Waals surface area contributed by atoms with E-state index in [-0.39, 0.29) is 0 Å². The minimum absolute atomic E-state index is 0.720. The number of rotatable bonds is 3. The Labute approximate surface area is 128 Å². The highest BCUT2D eigenvalue weighted by Crippen LogP contribution is 2.22. The van der Waals surface area contributed by atoms with Gasteiger partial charge < -0.3 is 15.1 Å². The van der Waals surface area contributed by atoms with Gasteiger partial charge in [0.2, 0.25) is 0 Å². The van der Waals surface area contributed by atoms with Crippen LogP contribution in [0.3, 0.4) is 0 Å². The Morgan fingerprint density at radius 2 is 2.24 bits per heavy atom. The molecular weight excluding hydrogens is 284 g/mol. The molecule has 0 spiro atoms. The largest absolute Gasteiger partial charge is 0.360 e. The van der Waals surface area contributed by atoms with Crippen LogP contribution in [0.5, 0.6) is 0 Å². The summed E-state index contributed by atoms with van der Waals surface area (Å²) in [4.78, 5) is 9.12. The van der Waals surface area contributed by atoms with Crippen LogP contribution < -0.4 is 10.2 Å². The highest BCUT2D eigenvalue weighted by molar-refractivity contribution is 7.14. The average Bonchev–Trinajstić information content (AvgIpc) is 3.22. The Morgan fingerprint density at radius 1 is 1.38 bits per heavy atom. The molecule has 0 unspecified atom stereocenters. The lowest BCUT2D eigenvalue weighted by Gasteiger charge is -2.36. The number of aliphatic imine (C=N–C) groups is 1. The number of hydrogen-bond acceptors (Lipinski definition) is 4. The SMILES string of the molecule is CN=C(NCc1ccn[nH]1)N1CCN(c2cccs2)CC1. The molecule has 2 N–H and O–H groups in total. The molecule has 7 heteroatoms. The number of anilines is 1. The van der Waals surface area contributed by atoms with Crippen LogP contribution in [0.1, 0.15) is 5.69 Å². The maximum Gasteiger partial charge on any atom is 0.194 e. The van der Waals surface area contributed by atoms with E-state index in [1.807, 2.05) is 13.1 Å². The molecule has 112 valence electrons. The Hall–Kier alpha value is -2.02. The fraction of sp³-hybridized carbons (Fsp3) is 0.429. The maximum atomic E-state index is 4.38. The number of H-pyrrole nitrogens is 1. The van der Waals surface area contributed by atoms with Crippen molar-refractivity contribution in [3.05, 3.63) is 35.5 Å². The van der Waals surface area contributed by atoms with E-state index >= 15 is 0 Å². The molecule has 2 aromatic rings. The maximum absolute atomic E-state index is 4.38. The van der Waals surface area contributed by atoms with Gasteiger partial charge in [-0.3, -0.25) is 10.1 Å². The Morgan fingerprint density at radius 3 is 2.86 bits per heavy atom. The first-order chi connectivity index (χ1) is 10.4. The molecule has 1 aliphatic heterocycles. The third-order valence-electron chi connectivity index (χ3n) is 3.60. The van der Waals surface area contributed by atoms with Crippen LogP contribution in [0, 0.1) is 0 Å². The monoisotopic (exact) mass is 304 g/mol. The number of guanidine groups is 1. The lowest BCUT2D eigenvalue weighted by molar-refractivity contribution is 0.373. The second-order valence-electron chi connectivity index (χ2n) is 4.91. The van der Waals surface area contributed by atoms with Crippen molar-refractivity contribution >= 4 is 22.3 Å². The molecule has 1 fully saturated rings. The Bertz CT molecular complexity index is 554. The quantitative estimate of drug-likeness (QED) is 0.664. The van der Waals surface area contributed by atoms with Crippen molar-refractivity contribution in [3.63, 3.8) is 0 Å². The number of piperazine rings is 1. The average molecular weight is 304 g/mol. The summed E-state index contributed by atoms with van der Waals surface area (Å²) in [5.74, 6) is 0.954. The van der Waals surface area contributed by atoms with Gasteiger partial charge in [-0.15, -0.1) is 11.3 Å². The fourth-order valence-corrected chi connectivity index (χ4v) is 3.26. The molecule has 21 heavy (non-hydrogen) atoms. The van der Waals surface area contributed by atoms with Crippen molar-refractivity contribution in [3.8, 4) is 0 Å². The van der Waals surface area contributed by atoms with E-state index in [0.717, 1.165) is 44.4 Å². The van der Waals surface area contributed by atoms with E-state index in [9.17, 15) is 0 Å². The van der Waals surface area contributed by atoms with Crippen LogP contribution in [0.2, 0.25) is 0 Å². The lowest BCUT2D eigenvalue weighted by atomic mass is 10.3. The summed E-state index contributed by atoms with van der Waals surface area (Å²) in [6.07, 6.45) is 1.76. The topological polar surface area (TPSA) is 59.6 Å². The summed E-state index contributed by atoms with van der Waals surface area (Å²) in [6, 6.07) is 6.26. The van der Waals surface area contributed by atoms with Crippen LogP contribution in [-0.4, -0.2) is 54.3 Å². The summed E-state index contributed by atoms with van der Waals surface area (Å²) in [6.45, 7) is 4.76. The minimum Gasteiger partial charge on any atom is -0.360 e. The number of nitrogens with one attached hydrogen (secondary N) is 2. The Balaban J connectivity index is 1.52. The van der Waals surface area contributed by atoms with Gasteiger partial charge in [0, 0.05) is 39.4 Å². The van der Waals surface area contributed by atoms with Gasteiger partial charge in [-0.1, -0.05) is 0 Å². The molecule has 3 heterocycles. The third-order valence-corrected chi connectivity index (χ3v) is 4.53. The molecule has 0 aliphatic carbocycles. The summed E-state index contributed by atoms with van der Waals surface area (Å²) in [7, 11) is 1.83. The van der Waals surface area contributed by atoms with Crippen LogP contribution in [-0.2, 0) is 6.54 Å². The zero-order valence-corrected chi connectivity index (χ0v) is 12.9. The minimum atomic E-state index is 0.720.